The van der Waals surface area contributed by atoms with Crippen LogP contribution >= 0.6 is 0 Å². The van der Waals surface area contributed by atoms with E-state index in [4.69, 9.17) is 26.0 Å². The van der Waals surface area contributed by atoms with Gasteiger partial charge in [0, 0.05) is 32.3 Å². The van der Waals surface area contributed by atoms with Crippen LogP contribution in [-0.4, -0.2) is 83.3 Å². The third kappa shape index (κ3) is 6.58. The van der Waals surface area contributed by atoms with Crippen LogP contribution in [0.5, 0.6) is 0 Å². The molecule has 2 aliphatic rings. The minimum absolute atomic E-state index is 0.120. The first-order chi connectivity index (χ1) is 14.9. The number of carbonyl (C=O) groups excluding carboxylic acids is 1. The number of hydrogen-bond acceptors (Lipinski definition) is 8. The van der Waals surface area contributed by atoms with E-state index < -0.39 is 0 Å². The molecule has 0 aromatic carbocycles. The first-order valence-electron chi connectivity index (χ1n) is 11.0. The Labute approximate surface area is 185 Å². The van der Waals surface area contributed by atoms with Gasteiger partial charge in [-0.15, -0.1) is 0 Å². The lowest BCUT2D eigenvalue weighted by Crippen LogP contribution is -2.46. The van der Waals surface area contributed by atoms with E-state index in [9.17, 15) is 4.79 Å². The van der Waals surface area contributed by atoms with E-state index in [2.05, 4.69) is 11.8 Å². The van der Waals surface area contributed by atoms with E-state index in [1.807, 2.05) is 24.9 Å². The van der Waals surface area contributed by atoms with Gasteiger partial charge in [-0.05, 0) is 45.3 Å². The molecule has 4 N–H and O–H groups in total. The summed E-state index contributed by atoms with van der Waals surface area (Å²) in [5.41, 5.74) is 6.95. The summed E-state index contributed by atoms with van der Waals surface area (Å²) >= 11 is 0. The third-order valence-corrected chi connectivity index (χ3v) is 5.09. The van der Waals surface area contributed by atoms with E-state index in [0.29, 0.717) is 30.3 Å². The van der Waals surface area contributed by atoms with Crippen LogP contribution in [0.4, 0.5) is 0 Å². The molecular weight excluding hydrogens is 396 g/mol. The normalized spacial score (nSPS) is 19.2. The zero-order chi connectivity index (χ0) is 22.8. The van der Waals surface area contributed by atoms with Gasteiger partial charge in [0.05, 0.1) is 29.8 Å². The molecule has 9 nitrogen and oxygen atoms in total. The number of allylic oxidation sites excluding steroid dienone is 2. The van der Waals surface area contributed by atoms with Gasteiger partial charge in [-0.3, -0.25) is 25.2 Å². The predicted molar refractivity (Wildman–Crippen MR) is 122 cm³/mol. The summed E-state index contributed by atoms with van der Waals surface area (Å²) in [5.74, 6) is 1.38. The number of nitrogens with one attached hydrogen (secondary N) is 1. The van der Waals surface area contributed by atoms with Gasteiger partial charge in [-0.25, -0.2) is 0 Å². The van der Waals surface area contributed by atoms with Gasteiger partial charge < -0.3 is 20.5 Å². The predicted octanol–water partition coefficient (Wildman–Crippen LogP) is 1.63. The van der Waals surface area contributed by atoms with Crippen molar-refractivity contribution in [3.05, 3.63) is 35.5 Å². The first-order valence-corrected chi connectivity index (χ1v) is 11.0. The molecule has 1 saturated heterocycles. The lowest BCUT2D eigenvalue weighted by molar-refractivity contribution is -0.133. The molecule has 0 aromatic heterocycles. The molecular formula is C22H36N6O3. The summed E-state index contributed by atoms with van der Waals surface area (Å²) < 4.78 is 5.46. The van der Waals surface area contributed by atoms with Crippen LogP contribution in [0.25, 0.3) is 0 Å². The molecule has 0 saturated carbocycles. The Morgan fingerprint density at radius 2 is 2.10 bits per heavy atom. The maximum Gasteiger partial charge on any atom is 0.228 e. The van der Waals surface area contributed by atoms with Crippen molar-refractivity contribution < 1.29 is 14.6 Å². The van der Waals surface area contributed by atoms with Crippen molar-refractivity contribution >= 4 is 17.8 Å². The fraction of sp³-hybridized carbons (Fsp3) is 0.591. The topological polar surface area (TPSA) is 118 Å². The molecule has 0 radical (unpaired) electrons. The lowest BCUT2D eigenvalue weighted by atomic mass is 10.1. The summed E-state index contributed by atoms with van der Waals surface area (Å²) in [4.78, 5) is 18.7. The number of carbonyl (C=O) groups is 1. The second-order valence-corrected chi connectivity index (χ2v) is 7.55. The van der Waals surface area contributed by atoms with Gasteiger partial charge in [0.1, 0.15) is 18.2 Å². The Bertz CT molecular complexity index is 752. The molecule has 0 bridgehead atoms. The number of likely N-dealkylation sites (tertiary alicyclic amines) is 1. The molecule has 1 amide bonds. The summed E-state index contributed by atoms with van der Waals surface area (Å²) in [6, 6.07) is -0.238. The highest BCUT2D eigenvalue weighted by Gasteiger charge is 2.24. The second-order valence-electron chi connectivity index (χ2n) is 7.55. The van der Waals surface area contributed by atoms with E-state index in [1.54, 1.807) is 11.1 Å². The number of hydrogen-bond donors (Lipinski definition) is 3. The van der Waals surface area contributed by atoms with Gasteiger partial charge >= 0.3 is 0 Å². The highest BCUT2D eigenvalue weighted by Crippen LogP contribution is 2.21. The van der Waals surface area contributed by atoms with Crippen LogP contribution in [-0.2, 0) is 9.53 Å². The minimum atomic E-state index is -0.238. The van der Waals surface area contributed by atoms with Crippen molar-refractivity contribution in [3.63, 3.8) is 0 Å². The van der Waals surface area contributed by atoms with Crippen LogP contribution in [0, 0.1) is 5.41 Å². The monoisotopic (exact) mass is 432 g/mol. The molecule has 0 unspecified atom stereocenters. The largest absolute Gasteiger partial charge is 0.489 e. The van der Waals surface area contributed by atoms with Crippen molar-refractivity contribution in [1.82, 2.24) is 14.9 Å². The third-order valence-electron chi connectivity index (χ3n) is 5.09. The molecule has 172 valence electrons. The molecule has 31 heavy (non-hydrogen) atoms. The lowest BCUT2D eigenvalue weighted by Gasteiger charge is -2.39. The number of hydrazine groups is 1. The molecule has 0 aromatic rings. The number of aliphatic imine (C=N–C) groups is 1. The van der Waals surface area contributed by atoms with Gasteiger partial charge in [0.15, 0.2) is 0 Å². The van der Waals surface area contributed by atoms with Crippen molar-refractivity contribution in [2.75, 3.05) is 39.4 Å². The van der Waals surface area contributed by atoms with Crippen LogP contribution in [0.1, 0.15) is 40.0 Å². The van der Waals surface area contributed by atoms with Gasteiger partial charge in [0.2, 0.25) is 6.41 Å². The Kier molecular flexibility index (Phi) is 9.58. The first kappa shape index (κ1) is 24.5. The number of nitrogens with zero attached hydrogens (tertiary/aromatic N) is 4. The maximum atomic E-state index is 11.7. The minimum Gasteiger partial charge on any atom is -0.489 e. The maximum absolute atomic E-state index is 11.7. The number of aliphatic hydroxyl groups excluding tert-OH is 1. The Morgan fingerprint density at radius 1 is 1.39 bits per heavy atom. The highest BCUT2D eigenvalue weighted by atomic mass is 16.5. The van der Waals surface area contributed by atoms with Crippen LogP contribution in [0.15, 0.2) is 40.5 Å². The summed E-state index contributed by atoms with van der Waals surface area (Å²) in [7, 11) is 0. The number of rotatable bonds is 12. The van der Waals surface area contributed by atoms with Crippen molar-refractivity contribution in [3.8, 4) is 0 Å². The average molecular weight is 433 g/mol. The summed E-state index contributed by atoms with van der Waals surface area (Å²) in [5, 5.41) is 21.0. The number of amides is 1. The van der Waals surface area contributed by atoms with Crippen LogP contribution in [0.3, 0.4) is 0 Å². The van der Waals surface area contributed by atoms with Gasteiger partial charge in [-0.2, -0.15) is 0 Å². The van der Waals surface area contributed by atoms with Crippen LogP contribution in [0.2, 0.25) is 0 Å². The molecule has 9 heteroatoms. The van der Waals surface area contributed by atoms with Crippen LogP contribution < -0.4 is 5.73 Å². The number of ether oxygens (including phenoxy) is 1. The van der Waals surface area contributed by atoms with E-state index in [-0.39, 0.29) is 25.0 Å². The Morgan fingerprint density at radius 3 is 2.68 bits per heavy atom. The zero-order valence-corrected chi connectivity index (χ0v) is 18.9. The quantitative estimate of drug-likeness (QED) is 0.245. The Balaban J connectivity index is 2.34. The molecule has 1 aliphatic heterocycles. The molecule has 2 rings (SSSR count). The van der Waals surface area contributed by atoms with E-state index in [1.165, 1.54) is 6.08 Å². The van der Waals surface area contributed by atoms with Crippen molar-refractivity contribution in [2.45, 2.75) is 46.1 Å². The smallest absolute Gasteiger partial charge is 0.228 e. The molecule has 0 spiro atoms. The summed E-state index contributed by atoms with van der Waals surface area (Å²) in [6.07, 6.45) is 9.19. The zero-order valence-electron chi connectivity index (χ0n) is 18.9. The van der Waals surface area contributed by atoms with Gasteiger partial charge in [0.25, 0.3) is 0 Å². The second kappa shape index (κ2) is 12.1. The van der Waals surface area contributed by atoms with Crippen molar-refractivity contribution in [1.29, 1.82) is 5.41 Å². The van der Waals surface area contributed by atoms with Gasteiger partial charge in [-0.1, -0.05) is 6.92 Å². The number of nitrogens with two attached hydrogens (primary N) is 1. The fourth-order valence-electron chi connectivity index (χ4n) is 3.68. The Hall–Kier alpha value is -2.81. The molecule has 1 atom stereocenters. The summed E-state index contributed by atoms with van der Waals surface area (Å²) in [6.45, 7) is 9.24. The standard InChI is InChI=1S/C22H36N6O3/c1-4-8-27(16-30)28(5-2)22(26-9-6-7-10-26)13-17(3)25-20-15-21(31-12-11-29)19(24)14-18(20)23/h13-17,23,29H,4-12,24H2,1-3H3/b22-13+,23-18?,25-20?/t17-/m0/s1. The SMILES string of the molecule is CCCN(C=O)N(CC)/C(=C/[C@H](C)N=C1C=C(OCCO)C(N)=CC1=N)N1CCCC1. The molecule has 1 aliphatic carbocycles. The molecule has 1 fully saturated rings. The highest BCUT2D eigenvalue weighted by molar-refractivity contribution is 6.50. The fourth-order valence-corrected chi connectivity index (χ4v) is 3.68. The van der Waals surface area contributed by atoms with E-state index >= 15 is 0 Å². The average Bonchev–Trinajstić information content (AvgIpc) is 3.28. The van der Waals surface area contributed by atoms with Crippen molar-refractivity contribution in [2.24, 2.45) is 10.7 Å². The van der Waals surface area contributed by atoms with E-state index in [0.717, 1.165) is 44.6 Å². The molecule has 1 heterocycles. The number of aliphatic hydroxyl groups is 1.